The third-order valence-corrected chi connectivity index (χ3v) is 2.85. The first-order valence-electron chi connectivity index (χ1n) is 6.27. The Labute approximate surface area is 120 Å². The summed E-state index contributed by atoms with van der Waals surface area (Å²) in [7, 11) is 0. The van der Waals surface area contributed by atoms with Crippen molar-refractivity contribution in [1.82, 2.24) is 20.1 Å². The molecule has 0 aliphatic heterocycles. The molecule has 1 aromatic carbocycles. The predicted octanol–water partition coefficient (Wildman–Crippen LogP) is 3.03. The normalized spacial score (nSPS) is 10.6. The number of halogens is 1. The molecule has 6 nitrogen and oxygen atoms in total. The number of nitrogens with one attached hydrogen (secondary N) is 1. The molecule has 0 aliphatic rings. The first-order valence-corrected chi connectivity index (χ1v) is 6.27. The average Bonchev–Trinajstić information content (AvgIpc) is 2.90. The molecule has 0 amide bonds. The molecule has 21 heavy (non-hydrogen) atoms. The van der Waals surface area contributed by atoms with Crippen molar-refractivity contribution in [3.8, 4) is 11.5 Å². The summed E-state index contributed by atoms with van der Waals surface area (Å²) in [6.45, 7) is 3.59. The molecular formula is C14H12FN5O. The number of hydrogen-bond acceptors (Lipinski definition) is 6. The van der Waals surface area contributed by atoms with Crippen LogP contribution in [-0.2, 0) is 0 Å². The van der Waals surface area contributed by atoms with Crippen LogP contribution in [0.15, 0.2) is 35.2 Å². The number of hydrogen-bond donors (Lipinski definition) is 1. The average molecular weight is 285 g/mol. The molecule has 0 bridgehead atoms. The van der Waals surface area contributed by atoms with E-state index in [0.29, 0.717) is 22.9 Å². The van der Waals surface area contributed by atoms with Crippen LogP contribution >= 0.6 is 0 Å². The van der Waals surface area contributed by atoms with Crippen LogP contribution in [0, 0.1) is 19.7 Å². The number of aromatic nitrogens is 4. The summed E-state index contributed by atoms with van der Waals surface area (Å²) < 4.78 is 18.9. The topological polar surface area (TPSA) is 76.7 Å². The van der Waals surface area contributed by atoms with Crippen LogP contribution in [0.2, 0.25) is 0 Å². The van der Waals surface area contributed by atoms with Gasteiger partial charge in [-0.2, -0.15) is 4.98 Å². The molecule has 2 aromatic heterocycles. The fraction of sp³-hybridized carbons (Fsp3) is 0.143. The van der Waals surface area contributed by atoms with Gasteiger partial charge in [-0.3, -0.25) is 0 Å². The Kier molecular flexibility index (Phi) is 3.31. The van der Waals surface area contributed by atoms with Gasteiger partial charge in [0.15, 0.2) is 5.82 Å². The first-order chi connectivity index (χ1) is 10.1. The summed E-state index contributed by atoms with van der Waals surface area (Å²) in [6, 6.07) is 4.79. The zero-order valence-electron chi connectivity index (χ0n) is 11.5. The van der Waals surface area contributed by atoms with E-state index in [4.69, 9.17) is 4.52 Å². The molecule has 0 unspecified atom stereocenters. The molecule has 7 heteroatoms. The Morgan fingerprint density at radius 3 is 2.86 bits per heavy atom. The second-order valence-corrected chi connectivity index (χ2v) is 4.54. The van der Waals surface area contributed by atoms with Gasteiger partial charge in [0.1, 0.15) is 23.5 Å². The number of nitrogens with zero attached hydrogens (tertiary/aromatic N) is 4. The van der Waals surface area contributed by atoms with Crippen LogP contribution < -0.4 is 5.32 Å². The van der Waals surface area contributed by atoms with Crippen molar-refractivity contribution in [1.29, 1.82) is 0 Å². The van der Waals surface area contributed by atoms with E-state index in [1.165, 1.54) is 18.6 Å². The molecule has 1 N–H and O–H groups in total. The Hall–Kier alpha value is -2.83. The van der Waals surface area contributed by atoms with Gasteiger partial charge in [0, 0.05) is 6.20 Å². The fourth-order valence-corrected chi connectivity index (χ4v) is 1.85. The standard InChI is InChI=1S/C14H12FN5O/c1-8-3-4-11(15)12(5-8)19-13-10(6-16-7-17-13)14-18-9(2)20-21-14/h3-7H,1-2H3,(H,16,17,19). The summed E-state index contributed by atoms with van der Waals surface area (Å²) in [5.41, 5.74) is 1.77. The van der Waals surface area contributed by atoms with Crippen molar-refractivity contribution in [2.24, 2.45) is 0 Å². The maximum absolute atomic E-state index is 13.8. The number of rotatable bonds is 3. The second kappa shape index (κ2) is 5.28. The van der Waals surface area contributed by atoms with Crippen LogP contribution in [-0.4, -0.2) is 20.1 Å². The van der Waals surface area contributed by atoms with E-state index in [0.717, 1.165) is 5.56 Å². The monoisotopic (exact) mass is 285 g/mol. The highest BCUT2D eigenvalue weighted by molar-refractivity contribution is 5.72. The summed E-state index contributed by atoms with van der Waals surface area (Å²) in [6.07, 6.45) is 2.90. The zero-order chi connectivity index (χ0) is 14.8. The van der Waals surface area contributed by atoms with Crippen LogP contribution in [0.25, 0.3) is 11.5 Å². The molecule has 2 heterocycles. The highest BCUT2D eigenvalue weighted by Gasteiger charge is 2.14. The quantitative estimate of drug-likeness (QED) is 0.797. The van der Waals surface area contributed by atoms with Crippen LogP contribution in [0.4, 0.5) is 15.9 Å². The minimum atomic E-state index is -0.369. The zero-order valence-corrected chi connectivity index (χ0v) is 11.5. The molecule has 0 aliphatic carbocycles. The second-order valence-electron chi connectivity index (χ2n) is 4.54. The third-order valence-electron chi connectivity index (χ3n) is 2.85. The molecule has 3 rings (SSSR count). The predicted molar refractivity (Wildman–Crippen MR) is 74.5 cm³/mol. The molecule has 0 saturated carbocycles. The molecule has 106 valence electrons. The highest BCUT2D eigenvalue weighted by Crippen LogP contribution is 2.27. The van der Waals surface area contributed by atoms with Crippen molar-refractivity contribution in [2.45, 2.75) is 13.8 Å². The van der Waals surface area contributed by atoms with Crippen LogP contribution in [0.1, 0.15) is 11.4 Å². The lowest BCUT2D eigenvalue weighted by Gasteiger charge is -2.09. The van der Waals surface area contributed by atoms with Crippen molar-refractivity contribution < 1.29 is 8.91 Å². The van der Waals surface area contributed by atoms with E-state index in [-0.39, 0.29) is 11.7 Å². The van der Waals surface area contributed by atoms with Gasteiger partial charge in [0.2, 0.25) is 0 Å². The Bertz CT molecular complexity index is 787. The molecule has 0 atom stereocenters. The summed E-state index contributed by atoms with van der Waals surface area (Å²) in [5, 5.41) is 6.66. The third kappa shape index (κ3) is 2.71. The SMILES string of the molecule is Cc1ccc(F)c(Nc2ncncc2-c2nc(C)no2)c1. The molecule has 0 fully saturated rings. The van der Waals surface area contributed by atoms with Gasteiger partial charge >= 0.3 is 0 Å². The number of aryl methyl sites for hydroxylation is 2. The van der Waals surface area contributed by atoms with E-state index in [9.17, 15) is 4.39 Å². The minimum absolute atomic E-state index is 0.281. The first kappa shape index (κ1) is 13.2. The summed E-state index contributed by atoms with van der Waals surface area (Å²) >= 11 is 0. The molecular weight excluding hydrogens is 273 g/mol. The fourth-order valence-electron chi connectivity index (χ4n) is 1.85. The molecule has 0 radical (unpaired) electrons. The number of benzene rings is 1. The molecule has 0 saturated heterocycles. The van der Waals surface area contributed by atoms with Crippen molar-refractivity contribution in [2.75, 3.05) is 5.32 Å². The van der Waals surface area contributed by atoms with Crippen molar-refractivity contribution in [3.05, 3.63) is 47.9 Å². The van der Waals surface area contributed by atoms with Gasteiger partial charge in [-0.15, -0.1) is 0 Å². The van der Waals surface area contributed by atoms with E-state index >= 15 is 0 Å². The number of anilines is 2. The summed E-state index contributed by atoms with van der Waals surface area (Å²) in [5.74, 6) is 0.815. The lowest BCUT2D eigenvalue weighted by Crippen LogP contribution is -2.00. The molecule has 0 spiro atoms. The van der Waals surface area contributed by atoms with Gasteiger partial charge in [-0.1, -0.05) is 11.2 Å². The Morgan fingerprint density at radius 1 is 1.24 bits per heavy atom. The lowest BCUT2D eigenvalue weighted by molar-refractivity contribution is 0.425. The van der Waals surface area contributed by atoms with E-state index < -0.39 is 0 Å². The van der Waals surface area contributed by atoms with E-state index in [2.05, 4.69) is 25.4 Å². The van der Waals surface area contributed by atoms with Gasteiger partial charge in [-0.05, 0) is 31.5 Å². The highest BCUT2D eigenvalue weighted by atomic mass is 19.1. The van der Waals surface area contributed by atoms with Crippen LogP contribution in [0.5, 0.6) is 0 Å². The minimum Gasteiger partial charge on any atom is -0.337 e. The van der Waals surface area contributed by atoms with Gasteiger partial charge < -0.3 is 9.84 Å². The Morgan fingerprint density at radius 2 is 2.10 bits per heavy atom. The van der Waals surface area contributed by atoms with E-state index in [1.54, 1.807) is 19.1 Å². The van der Waals surface area contributed by atoms with Gasteiger partial charge in [-0.25, -0.2) is 14.4 Å². The molecule has 3 aromatic rings. The van der Waals surface area contributed by atoms with E-state index in [1.807, 2.05) is 6.92 Å². The maximum Gasteiger partial charge on any atom is 0.263 e. The van der Waals surface area contributed by atoms with Crippen molar-refractivity contribution in [3.63, 3.8) is 0 Å². The smallest absolute Gasteiger partial charge is 0.263 e. The lowest BCUT2D eigenvalue weighted by atomic mass is 10.2. The summed E-state index contributed by atoms with van der Waals surface area (Å²) in [4.78, 5) is 12.2. The van der Waals surface area contributed by atoms with Crippen LogP contribution in [0.3, 0.4) is 0 Å². The largest absolute Gasteiger partial charge is 0.337 e. The van der Waals surface area contributed by atoms with Gasteiger partial charge in [0.05, 0.1) is 5.69 Å². The Balaban J connectivity index is 2.01. The maximum atomic E-state index is 13.8. The van der Waals surface area contributed by atoms with Crippen molar-refractivity contribution >= 4 is 11.5 Å². The van der Waals surface area contributed by atoms with Gasteiger partial charge in [0.25, 0.3) is 5.89 Å².